The summed E-state index contributed by atoms with van der Waals surface area (Å²) in [4.78, 5) is 37.7. The molecule has 1 amide bonds. The highest BCUT2D eigenvalue weighted by atomic mass is 31.2. The summed E-state index contributed by atoms with van der Waals surface area (Å²) in [5, 5.41) is 3.04. The maximum absolute atomic E-state index is 13.6. The summed E-state index contributed by atoms with van der Waals surface area (Å²) < 4.78 is 30.7. The third-order valence-corrected chi connectivity index (χ3v) is 14.7. The molecular formula is C71H122N2O7P+. The number of phosphoric acid groups is 1. The highest BCUT2D eigenvalue weighted by Crippen LogP contribution is 2.43. The van der Waals surface area contributed by atoms with Gasteiger partial charge >= 0.3 is 13.8 Å². The van der Waals surface area contributed by atoms with Crippen LogP contribution in [0.3, 0.4) is 0 Å². The van der Waals surface area contributed by atoms with Gasteiger partial charge in [-0.25, -0.2) is 4.57 Å². The summed E-state index contributed by atoms with van der Waals surface area (Å²) in [6, 6.07) is -0.878. The molecule has 0 spiro atoms. The normalized spacial score (nSPS) is 14.5. The number of hydrogen-bond acceptors (Lipinski definition) is 6. The molecule has 0 heterocycles. The molecule has 0 aromatic rings. The molecule has 0 bridgehead atoms. The number of rotatable bonds is 57. The largest absolute Gasteiger partial charge is 0.472 e. The molecule has 0 aromatic heterocycles. The van der Waals surface area contributed by atoms with Gasteiger partial charge < -0.3 is 19.4 Å². The Bertz CT molecular complexity index is 1850. The second-order valence-electron chi connectivity index (χ2n) is 22.7. The molecule has 0 fully saturated rings. The molecule has 0 aliphatic heterocycles. The lowest BCUT2D eigenvalue weighted by Gasteiger charge is -2.27. The van der Waals surface area contributed by atoms with E-state index in [1.807, 2.05) is 94.1 Å². The Morgan fingerprint density at radius 2 is 0.840 bits per heavy atom. The van der Waals surface area contributed by atoms with Crippen molar-refractivity contribution in [2.45, 2.75) is 264 Å². The van der Waals surface area contributed by atoms with Gasteiger partial charge in [-0.15, -0.1) is 0 Å². The second kappa shape index (κ2) is 59.3. The zero-order valence-corrected chi connectivity index (χ0v) is 53.6. The van der Waals surface area contributed by atoms with Gasteiger partial charge in [0.05, 0.1) is 33.8 Å². The van der Waals surface area contributed by atoms with Crippen LogP contribution in [0.1, 0.15) is 252 Å². The minimum absolute atomic E-state index is 0.0246. The van der Waals surface area contributed by atoms with Crippen LogP contribution in [0.4, 0.5) is 0 Å². The molecule has 0 rings (SSSR count). The molecule has 462 valence electrons. The summed E-state index contributed by atoms with van der Waals surface area (Å²) in [5.74, 6) is -0.568. The van der Waals surface area contributed by atoms with Crippen LogP contribution < -0.4 is 5.32 Å². The lowest BCUT2D eigenvalue weighted by atomic mass is 10.0. The van der Waals surface area contributed by atoms with E-state index >= 15 is 0 Å². The number of nitrogens with zero attached hydrogens (tertiary/aromatic N) is 1. The zero-order valence-electron chi connectivity index (χ0n) is 52.7. The van der Waals surface area contributed by atoms with Gasteiger partial charge in [-0.3, -0.25) is 18.6 Å². The molecule has 3 unspecified atom stereocenters. The van der Waals surface area contributed by atoms with Crippen molar-refractivity contribution in [2.24, 2.45) is 0 Å². The number of quaternary nitrogens is 1. The van der Waals surface area contributed by atoms with Gasteiger partial charge in [0.15, 0.2) is 0 Å². The summed E-state index contributed by atoms with van der Waals surface area (Å²) in [7, 11) is 1.45. The lowest BCUT2D eigenvalue weighted by Crippen LogP contribution is -2.47. The fourth-order valence-corrected chi connectivity index (χ4v) is 9.46. The highest BCUT2D eigenvalue weighted by molar-refractivity contribution is 7.47. The highest BCUT2D eigenvalue weighted by Gasteiger charge is 2.30. The quantitative estimate of drug-likeness (QED) is 0.0156. The standard InChI is InChI=1S/C71H121N2O7P/c1-7-10-13-16-19-22-25-27-29-31-32-33-34-35-36-37-38-39-40-42-43-45-48-51-54-57-60-63-70(74)72-68(67-79-81(76,77)78-66-65-73(4,5)6)69(62-59-56-53-50-47-24-21-18-15-12-9-3)80-71(75)64-61-58-55-52-49-46-44-41-30-28-26-23-20-17-14-11-8-2/h11,14,17,19-20,22-23,26-30,32-33,35-36,41,44,46,49,59,62,68-69H,7-10,12-13,15-16,18,21,24-25,31,34,37-40,42-43,45,47-48,50-58,60-61,63-67H2,1-6H3,(H-,72,74,76,77)/p+1/b14-11-,20-17+,22-19-,26-23+,29-27-,30-28-,33-32-,36-35-,44-41+,49-46+,62-59-. The molecule has 0 aliphatic carbocycles. The number of likely N-dealkylation sites (N-methyl/N-ethyl adjacent to an activating group) is 1. The number of amides is 1. The van der Waals surface area contributed by atoms with Crippen LogP contribution in [0.15, 0.2) is 134 Å². The van der Waals surface area contributed by atoms with Gasteiger partial charge in [0.2, 0.25) is 5.91 Å². The van der Waals surface area contributed by atoms with E-state index in [2.05, 4.69) is 86.8 Å². The van der Waals surface area contributed by atoms with Crippen LogP contribution in [0.5, 0.6) is 0 Å². The number of carbonyl (C=O) groups is 2. The fraction of sp³-hybridized carbons (Fsp3) is 0.662. The van der Waals surface area contributed by atoms with Crippen LogP contribution in [-0.2, 0) is 27.9 Å². The zero-order chi connectivity index (χ0) is 59.3. The van der Waals surface area contributed by atoms with Gasteiger partial charge in [0.25, 0.3) is 0 Å². The van der Waals surface area contributed by atoms with Crippen molar-refractivity contribution in [3.63, 3.8) is 0 Å². The van der Waals surface area contributed by atoms with E-state index in [4.69, 9.17) is 13.8 Å². The van der Waals surface area contributed by atoms with E-state index in [0.29, 0.717) is 23.9 Å². The first kappa shape index (κ1) is 77.2. The molecule has 0 aromatic carbocycles. The van der Waals surface area contributed by atoms with Crippen molar-refractivity contribution in [3.8, 4) is 0 Å². The van der Waals surface area contributed by atoms with Crippen molar-refractivity contribution in [3.05, 3.63) is 134 Å². The topological polar surface area (TPSA) is 111 Å². The lowest BCUT2D eigenvalue weighted by molar-refractivity contribution is -0.870. The van der Waals surface area contributed by atoms with Crippen molar-refractivity contribution in [1.29, 1.82) is 0 Å². The third-order valence-electron chi connectivity index (χ3n) is 13.7. The second-order valence-corrected chi connectivity index (χ2v) is 24.2. The van der Waals surface area contributed by atoms with E-state index in [0.717, 1.165) is 89.9 Å². The number of ether oxygens (including phenoxy) is 1. The van der Waals surface area contributed by atoms with Crippen LogP contribution in [0.2, 0.25) is 0 Å². The number of allylic oxidation sites excluding steroid dienone is 21. The van der Waals surface area contributed by atoms with Crippen LogP contribution >= 0.6 is 7.82 Å². The summed E-state index contributed by atoms with van der Waals surface area (Å²) in [6.07, 6.45) is 84.6. The van der Waals surface area contributed by atoms with E-state index < -0.39 is 20.0 Å². The predicted octanol–water partition coefficient (Wildman–Crippen LogP) is 20.4. The molecule has 0 saturated carbocycles. The number of carbonyl (C=O) groups excluding carboxylic acids is 2. The van der Waals surface area contributed by atoms with E-state index in [-0.39, 0.29) is 31.5 Å². The summed E-state index contributed by atoms with van der Waals surface area (Å²) >= 11 is 0. The Morgan fingerprint density at radius 3 is 1.33 bits per heavy atom. The van der Waals surface area contributed by atoms with E-state index in [1.54, 1.807) is 0 Å². The summed E-state index contributed by atoms with van der Waals surface area (Å²) in [5.41, 5.74) is 0. The average molecular weight is 1150 g/mol. The first-order chi connectivity index (χ1) is 39.4. The van der Waals surface area contributed by atoms with Crippen LogP contribution in [0, 0.1) is 0 Å². The molecule has 0 aliphatic rings. The molecule has 3 atom stereocenters. The van der Waals surface area contributed by atoms with Crippen molar-refractivity contribution >= 4 is 19.7 Å². The van der Waals surface area contributed by atoms with Crippen molar-refractivity contribution in [1.82, 2.24) is 5.32 Å². The van der Waals surface area contributed by atoms with Gasteiger partial charge in [-0.1, -0.05) is 277 Å². The van der Waals surface area contributed by atoms with Gasteiger partial charge in [0, 0.05) is 12.8 Å². The molecular weight excluding hydrogens is 1020 g/mol. The number of hydrogen-bond donors (Lipinski definition) is 2. The average Bonchev–Trinajstić information content (AvgIpc) is 3.43. The molecule has 2 N–H and O–H groups in total. The number of unbranched alkanes of at least 4 members (excludes halogenated alkanes) is 26. The maximum Gasteiger partial charge on any atom is 0.472 e. The molecule has 81 heavy (non-hydrogen) atoms. The monoisotopic (exact) mass is 1150 g/mol. The SMILES string of the molecule is CC\C=C/C=C/C=C/C=C\C=C\C=C\CCCCCC(=O)OC(/C=C\CCCCCCCCCCC)C(COP(=O)(O)OCC[N+](C)(C)C)NC(=O)CCCCCCCCCCCCC/C=C\C/C=C\C/C=C\C/C=C\CCCCC. The number of nitrogens with one attached hydrogen (secondary N) is 1. The van der Waals surface area contributed by atoms with Crippen molar-refractivity contribution < 1.29 is 37.3 Å². The Kier molecular flexibility index (Phi) is 56.5. The predicted molar refractivity (Wildman–Crippen MR) is 350 cm³/mol. The Hall–Kier alpha value is -3.85. The first-order valence-electron chi connectivity index (χ1n) is 32.6. The van der Waals surface area contributed by atoms with Crippen LogP contribution in [0.25, 0.3) is 0 Å². The Morgan fingerprint density at radius 1 is 0.457 bits per heavy atom. The van der Waals surface area contributed by atoms with Gasteiger partial charge in [-0.05, 0) is 96.0 Å². The van der Waals surface area contributed by atoms with E-state index in [1.165, 1.54) is 122 Å². The molecule has 9 nitrogen and oxygen atoms in total. The smallest absolute Gasteiger partial charge is 0.456 e. The van der Waals surface area contributed by atoms with Gasteiger partial charge in [-0.2, -0.15) is 0 Å². The minimum atomic E-state index is -4.47. The van der Waals surface area contributed by atoms with Crippen LogP contribution in [-0.4, -0.2) is 74.3 Å². The van der Waals surface area contributed by atoms with Crippen molar-refractivity contribution in [2.75, 3.05) is 40.9 Å². The number of esters is 1. The molecule has 0 radical (unpaired) electrons. The maximum atomic E-state index is 13.6. The summed E-state index contributed by atoms with van der Waals surface area (Å²) in [6.45, 7) is 6.79. The third kappa shape index (κ3) is 60.6. The first-order valence-corrected chi connectivity index (χ1v) is 34.1. The molecule has 10 heteroatoms. The molecule has 0 saturated heterocycles. The minimum Gasteiger partial charge on any atom is -0.456 e. The number of phosphoric ester groups is 1. The Labute approximate surface area is 498 Å². The van der Waals surface area contributed by atoms with E-state index in [9.17, 15) is 19.0 Å². The Balaban J connectivity index is 5.15. The fourth-order valence-electron chi connectivity index (χ4n) is 8.72. The van der Waals surface area contributed by atoms with Gasteiger partial charge in [0.1, 0.15) is 19.3 Å².